The molecule has 2 aromatic heterocycles. The molecule has 1 unspecified atom stereocenters. The third-order valence-corrected chi connectivity index (χ3v) is 4.09. The number of anilines is 1. The van der Waals surface area contributed by atoms with Crippen molar-refractivity contribution in [3.63, 3.8) is 0 Å². The molecule has 0 radical (unpaired) electrons. The molecular formula is C12H13ClN4S. The SMILES string of the molecule is Cc1cnc(C(Nc2cncc(Cl)n2)C2CC2)s1. The number of hydrogen-bond acceptors (Lipinski definition) is 5. The van der Waals surface area contributed by atoms with Gasteiger partial charge in [0, 0.05) is 11.1 Å². The predicted molar refractivity (Wildman–Crippen MR) is 73.0 cm³/mol. The average Bonchev–Trinajstić information content (AvgIpc) is 3.09. The number of aromatic nitrogens is 3. The van der Waals surface area contributed by atoms with Crippen molar-refractivity contribution in [2.24, 2.45) is 5.92 Å². The van der Waals surface area contributed by atoms with Gasteiger partial charge in [-0.1, -0.05) is 11.6 Å². The molecule has 0 saturated heterocycles. The molecule has 1 atom stereocenters. The molecule has 1 aliphatic carbocycles. The minimum absolute atomic E-state index is 0.233. The van der Waals surface area contributed by atoms with Crippen LogP contribution in [0.1, 0.15) is 28.8 Å². The maximum absolute atomic E-state index is 5.85. The lowest BCUT2D eigenvalue weighted by molar-refractivity contribution is 0.670. The first-order valence-corrected chi connectivity index (χ1v) is 7.08. The van der Waals surface area contributed by atoms with E-state index in [0.29, 0.717) is 16.9 Å². The van der Waals surface area contributed by atoms with E-state index >= 15 is 0 Å². The van der Waals surface area contributed by atoms with Crippen molar-refractivity contribution < 1.29 is 0 Å². The Kier molecular flexibility index (Phi) is 3.18. The van der Waals surface area contributed by atoms with E-state index in [1.807, 2.05) is 6.20 Å². The van der Waals surface area contributed by atoms with E-state index in [1.165, 1.54) is 23.9 Å². The Balaban J connectivity index is 1.83. The van der Waals surface area contributed by atoms with E-state index in [9.17, 15) is 0 Å². The van der Waals surface area contributed by atoms with Crippen molar-refractivity contribution >= 4 is 28.8 Å². The number of rotatable bonds is 4. The molecule has 1 aliphatic rings. The normalized spacial score (nSPS) is 16.6. The Morgan fingerprint density at radius 2 is 2.22 bits per heavy atom. The van der Waals surface area contributed by atoms with Gasteiger partial charge in [0.05, 0.1) is 18.4 Å². The van der Waals surface area contributed by atoms with E-state index < -0.39 is 0 Å². The minimum atomic E-state index is 0.233. The van der Waals surface area contributed by atoms with Crippen LogP contribution >= 0.6 is 22.9 Å². The number of hydrogen-bond donors (Lipinski definition) is 1. The molecule has 0 aliphatic heterocycles. The molecule has 6 heteroatoms. The van der Waals surface area contributed by atoms with Crippen LogP contribution in [-0.4, -0.2) is 15.0 Å². The summed E-state index contributed by atoms with van der Waals surface area (Å²) in [5, 5.41) is 4.93. The summed E-state index contributed by atoms with van der Waals surface area (Å²) >= 11 is 7.58. The van der Waals surface area contributed by atoms with Gasteiger partial charge in [0.25, 0.3) is 0 Å². The van der Waals surface area contributed by atoms with E-state index in [4.69, 9.17) is 11.6 Å². The quantitative estimate of drug-likeness (QED) is 0.932. The Hall–Kier alpha value is -1.20. The summed E-state index contributed by atoms with van der Waals surface area (Å²) < 4.78 is 0. The first kappa shape index (κ1) is 11.9. The maximum Gasteiger partial charge on any atom is 0.149 e. The maximum atomic E-state index is 5.85. The largest absolute Gasteiger partial charge is 0.359 e. The zero-order chi connectivity index (χ0) is 12.5. The fraction of sp³-hybridized carbons (Fsp3) is 0.417. The van der Waals surface area contributed by atoms with Gasteiger partial charge in [0.2, 0.25) is 0 Å². The van der Waals surface area contributed by atoms with Gasteiger partial charge < -0.3 is 5.32 Å². The number of nitrogens with one attached hydrogen (secondary N) is 1. The van der Waals surface area contributed by atoms with Crippen molar-refractivity contribution in [3.05, 3.63) is 33.6 Å². The summed E-state index contributed by atoms with van der Waals surface area (Å²) in [7, 11) is 0. The van der Waals surface area contributed by atoms with Gasteiger partial charge in [0.1, 0.15) is 16.0 Å². The number of thiazole rings is 1. The molecule has 1 fully saturated rings. The van der Waals surface area contributed by atoms with E-state index in [-0.39, 0.29) is 6.04 Å². The fourth-order valence-corrected chi connectivity index (χ4v) is 2.96. The first-order valence-electron chi connectivity index (χ1n) is 5.89. The summed E-state index contributed by atoms with van der Waals surface area (Å²) in [5.41, 5.74) is 0. The molecule has 0 amide bonds. The van der Waals surface area contributed by atoms with Crippen LogP contribution in [0.2, 0.25) is 5.15 Å². The number of nitrogens with zero attached hydrogens (tertiary/aromatic N) is 3. The molecule has 4 nitrogen and oxygen atoms in total. The van der Waals surface area contributed by atoms with Crippen molar-refractivity contribution in [1.29, 1.82) is 0 Å². The zero-order valence-electron chi connectivity index (χ0n) is 9.93. The van der Waals surface area contributed by atoms with E-state index in [0.717, 1.165) is 5.01 Å². The smallest absolute Gasteiger partial charge is 0.149 e. The number of halogens is 1. The van der Waals surface area contributed by atoms with Crippen LogP contribution in [0.3, 0.4) is 0 Å². The van der Waals surface area contributed by atoms with Gasteiger partial charge in [-0.3, -0.25) is 4.98 Å². The molecule has 18 heavy (non-hydrogen) atoms. The van der Waals surface area contributed by atoms with Crippen LogP contribution in [0.15, 0.2) is 18.6 Å². The Bertz CT molecular complexity index is 553. The monoisotopic (exact) mass is 280 g/mol. The lowest BCUT2D eigenvalue weighted by Crippen LogP contribution is -2.13. The van der Waals surface area contributed by atoms with E-state index in [1.54, 1.807) is 17.5 Å². The van der Waals surface area contributed by atoms with Crippen LogP contribution in [0.5, 0.6) is 0 Å². The van der Waals surface area contributed by atoms with Crippen molar-refractivity contribution in [1.82, 2.24) is 15.0 Å². The Morgan fingerprint density at radius 3 is 2.83 bits per heavy atom. The van der Waals surface area contributed by atoms with Gasteiger partial charge in [0.15, 0.2) is 0 Å². The highest BCUT2D eigenvalue weighted by atomic mass is 35.5. The minimum Gasteiger partial charge on any atom is -0.359 e. The molecule has 0 spiro atoms. The second-order valence-corrected chi connectivity index (χ2v) is 6.15. The zero-order valence-corrected chi connectivity index (χ0v) is 11.5. The summed E-state index contributed by atoms with van der Waals surface area (Å²) in [5.74, 6) is 1.36. The van der Waals surface area contributed by atoms with Gasteiger partial charge >= 0.3 is 0 Å². The average molecular weight is 281 g/mol. The van der Waals surface area contributed by atoms with Crippen LogP contribution in [0, 0.1) is 12.8 Å². The molecule has 2 aromatic rings. The number of aryl methyl sites for hydroxylation is 1. The molecule has 3 rings (SSSR count). The predicted octanol–water partition coefficient (Wildman–Crippen LogP) is 3.46. The fourth-order valence-electron chi connectivity index (χ4n) is 1.90. The van der Waals surface area contributed by atoms with Crippen molar-refractivity contribution in [2.45, 2.75) is 25.8 Å². The van der Waals surface area contributed by atoms with Crippen LogP contribution in [-0.2, 0) is 0 Å². The van der Waals surface area contributed by atoms with Gasteiger partial charge in [-0.25, -0.2) is 9.97 Å². The third kappa shape index (κ3) is 2.62. The molecule has 1 N–H and O–H groups in total. The van der Waals surface area contributed by atoms with Gasteiger partial charge in [-0.2, -0.15) is 0 Å². The lowest BCUT2D eigenvalue weighted by atomic mass is 10.2. The molecule has 2 heterocycles. The molecule has 0 aromatic carbocycles. The van der Waals surface area contributed by atoms with Gasteiger partial charge in [-0.05, 0) is 25.7 Å². The molecule has 0 bridgehead atoms. The highest BCUT2D eigenvalue weighted by Crippen LogP contribution is 2.43. The second kappa shape index (κ2) is 4.82. The molecular weight excluding hydrogens is 268 g/mol. The Labute approximate surface area is 114 Å². The first-order chi connectivity index (χ1) is 8.72. The lowest BCUT2D eigenvalue weighted by Gasteiger charge is -2.16. The van der Waals surface area contributed by atoms with Crippen molar-refractivity contribution in [2.75, 3.05) is 5.32 Å². The molecule has 94 valence electrons. The topological polar surface area (TPSA) is 50.7 Å². The van der Waals surface area contributed by atoms with Crippen LogP contribution in [0.25, 0.3) is 0 Å². The van der Waals surface area contributed by atoms with Crippen LogP contribution in [0.4, 0.5) is 5.82 Å². The summed E-state index contributed by atoms with van der Waals surface area (Å²) in [6, 6.07) is 0.233. The summed E-state index contributed by atoms with van der Waals surface area (Å²) in [6.45, 7) is 2.07. The highest BCUT2D eigenvalue weighted by Gasteiger charge is 2.34. The second-order valence-electron chi connectivity index (χ2n) is 4.50. The summed E-state index contributed by atoms with van der Waals surface area (Å²) in [6.07, 6.45) is 7.63. The Morgan fingerprint density at radius 1 is 1.39 bits per heavy atom. The highest BCUT2D eigenvalue weighted by molar-refractivity contribution is 7.11. The van der Waals surface area contributed by atoms with E-state index in [2.05, 4.69) is 27.2 Å². The molecule has 1 saturated carbocycles. The van der Waals surface area contributed by atoms with Crippen LogP contribution < -0.4 is 5.32 Å². The van der Waals surface area contributed by atoms with Crippen molar-refractivity contribution in [3.8, 4) is 0 Å². The third-order valence-electron chi connectivity index (χ3n) is 2.91. The standard InChI is InChI=1S/C12H13ClN4S/c1-7-4-15-12(18-7)11(8-2-3-8)17-10-6-14-5-9(13)16-10/h4-6,8,11H,2-3H2,1H3,(H,16,17). The summed E-state index contributed by atoms with van der Waals surface area (Å²) in [4.78, 5) is 14.0. The van der Waals surface area contributed by atoms with Gasteiger partial charge in [-0.15, -0.1) is 11.3 Å².